The van der Waals surface area contributed by atoms with Crippen LogP contribution in [0.2, 0.25) is 0 Å². The minimum absolute atomic E-state index is 0.00524. The number of nitrogens with one attached hydrogen (secondary N) is 2. The number of fused-ring (bicyclic) bond motifs is 1. The van der Waals surface area contributed by atoms with Crippen LogP contribution < -0.4 is 11.1 Å². The molecule has 0 saturated heterocycles. The minimum Gasteiger partial charge on any atom is -0.384 e. The first-order chi connectivity index (χ1) is 13.4. The maximum absolute atomic E-state index is 12.8. The van der Waals surface area contributed by atoms with Crippen molar-refractivity contribution < 1.29 is 14.3 Å². The molecule has 2 aromatic carbocycles. The van der Waals surface area contributed by atoms with Crippen molar-refractivity contribution in [2.24, 2.45) is 5.73 Å². The monoisotopic (exact) mass is 380 g/mol. The van der Waals surface area contributed by atoms with Crippen LogP contribution in [0.25, 0.3) is 0 Å². The summed E-state index contributed by atoms with van der Waals surface area (Å²) in [5.41, 5.74) is 9.45. The Hall–Kier alpha value is -3.19. The van der Waals surface area contributed by atoms with Crippen LogP contribution >= 0.6 is 0 Å². The summed E-state index contributed by atoms with van der Waals surface area (Å²) in [4.78, 5) is 27.0. The van der Waals surface area contributed by atoms with Crippen LogP contribution in [-0.2, 0) is 22.6 Å². The Labute approximate surface area is 164 Å². The summed E-state index contributed by atoms with van der Waals surface area (Å²) < 4.78 is 5.61. The van der Waals surface area contributed by atoms with Gasteiger partial charge in [-0.05, 0) is 31.0 Å². The fraction of sp³-hybridized carbons (Fsp3) is 0.286. The van der Waals surface area contributed by atoms with E-state index >= 15 is 0 Å². The fourth-order valence-corrected chi connectivity index (χ4v) is 3.17. The zero-order valence-electron chi connectivity index (χ0n) is 16.0. The molecule has 28 heavy (non-hydrogen) atoms. The van der Waals surface area contributed by atoms with Crippen LogP contribution in [0, 0.1) is 12.3 Å². The maximum Gasteiger partial charge on any atom is 0.270 e. The second-order valence-corrected chi connectivity index (χ2v) is 6.73. The zero-order valence-corrected chi connectivity index (χ0v) is 16.0. The van der Waals surface area contributed by atoms with E-state index in [1.54, 1.807) is 31.2 Å². The Kier molecular flexibility index (Phi) is 5.75. The van der Waals surface area contributed by atoms with Crippen LogP contribution in [0.15, 0.2) is 42.5 Å². The lowest BCUT2D eigenvalue weighted by Gasteiger charge is -2.26. The van der Waals surface area contributed by atoms with E-state index in [-0.39, 0.29) is 24.2 Å². The number of aryl methyl sites for hydroxylation is 1. The molecule has 0 aromatic heterocycles. The molecule has 0 aliphatic carbocycles. The molecule has 0 spiro atoms. The highest BCUT2D eigenvalue weighted by Gasteiger charge is 2.36. The first-order valence-corrected chi connectivity index (χ1v) is 9.14. The van der Waals surface area contributed by atoms with E-state index in [1.807, 2.05) is 25.1 Å². The predicted molar refractivity (Wildman–Crippen MR) is 106 cm³/mol. The molecule has 1 aliphatic heterocycles. The lowest BCUT2D eigenvalue weighted by atomic mass is 10.1. The van der Waals surface area contributed by atoms with Crippen molar-refractivity contribution in [3.8, 4) is 0 Å². The first-order valence-electron chi connectivity index (χ1n) is 9.14. The summed E-state index contributed by atoms with van der Waals surface area (Å²) in [5, 5.41) is 10.2. The van der Waals surface area contributed by atoms with Gasteiger partial charge in [-0.15, -0.1) is 0 Å². The largest absolute Gasteiger partial charge is 0.384 e. The van der Waals surface area contributed by atoms with Crippen molar-refractivity contribution in [3.63, 3.8) is 0 Å². The highest BCUT2D eigenvalue weighted by Crippen LogP contribution is 2.26. The molecule has 4 N–H and O–H groups in total. The van der Waals surface area contributed by atoms with Crippen molar-refractivity contribution in [1.82, 2.24) is 10.2 Å². The third-order valence-electron chi connectivity index (χ3n) is 4.66. The van der Waals surface area contributed by atoms with Gasteiger partial charge in [-0.25, -0.2) is 0 Å². The summed E-state index contributed by atoms with van der Waals surface area (Å²) in [6.07, 6.45) is -0.985. The summed E-state index contributed by atoms with van der Waals surface area (Å²) in [6, 6.07) is 12.8. The molecule has 146 valence electrons. The van der Waals surface area contributed by atoms with E-state index in [0.29, 0.717) is 24.3 Å². The maximum atomic E-state index is 12.8. The average molecular weight is 380 g/mol. The third-order valence-corrected chi connectivity index (χ3v) is 4.66. The van der Waals surface area contributed by atoms with Gasteiger partial charge in [-0.1, -0.05) is 42.0 Å². The molecular formula is C21H24N4O3. The number of nitrogens with zero attached hydrogens (tertiary/aromatic N) is 1. The van der Waals surface area contributed by atoms with E-state index in [0.717, 1.165) is 16.7 Å². The number of rotatable bonds is 7. The Bertz CT molecular complexity index is 908. The second-order valence-electron chi connectivity index (χ2n) is 6.73. The molecule has 0 saturated carbocycles. The Morgan fingerprint density at radius 3 is 2.64 bits per heavy atom. The topological polar surface area (TPSA) is 109 Å². The van der Waals surface area contributed by atoms with Crippen LogP contribution in [0.5, 0.6) is 0 Å². The number of nitrogen functional groups attached to an aromatic ring is 1. The Balaban J connectivity index is 1.69. The number of carbonyl (C=O) groups excluding carboxylic acids is 2. The molecule has 3 rings (SSSR count). The fourth-order valence-electron chi connectivity index (χ4n) is 3.17. The smallest absolute Gasteiger partial charge is 0.270 e. The number of ether oxygens (including phenoxy) is 1. The van der Waals surface area contributed by atoms with Gasteiger partial charge in [0.25, 0.3) is 11.8 Å². The first kappa shape index (κ1) is 19.6. The normalized spacial score (nSPS) is 13.9. The predicted octanol–water partition coefficient (Wildman–Crippen LogP) is 1.91. The van der Waals surface area contributed by atoms with E-state index in [1.165, 1.54) is 4.90 Å². The molecule has 1 atom stereocenters. The number of benzene rings is 2. The van der Waals surface area contributed by atoms with Gasteiger partial charge >= 0.3 is 0 Å². The van der Waals surface area contributed by atoms with E-state index in [2.05, 4.69) is 5.32 Å². The van der Waals surface area contributed by atoms with Gasteiger partial charge in [0.2, 0.25) is 6.23 Å². The number of hydrogen-bond donors (Lipinski definition) is 3. The lowest BCUT2D eigenvalue weighted by molar-refractivity contribution is -0.143. The highest BCUT2D eigenvalue weighted by molar-refractivity contribution is 6.01. The molecule has 1 aliphatic rings. The molecule has 7 nitrogen and oxygen atoms in total. The van der Waals surface area contributed by atoms with Crippen molar-refractivity contribution in [2.75, 3.05) is 6.61 Å². The number of carbonyl (C=O) groups is 2. The van der Waals surface area contributed by atoms with Crippen molar-refractivity contribution in [3.05, 3.63) is 70.3 Å². The molecule has 7 heteroatoms. The van der Waals surface area contributed by atoms with Crippen LogP contribution in [0.1, 0.15) is 39.5 Å². The molecular weight excluding hydrogens is 356 g/mol. The molecule has 0 radical (unpaired) electrons. The Morgan fingerprint density at radius 1 is 1.29 bits per heavy atom. The number of amides is 2. The lowest BCUT2D eigenvalue weighted by Crippen LogP contribution is -2.48. The van der Waals surface area contributed by atoms with Gasteiger partial charge < -0.3 is 20.7 Å². The average Bonchev–Trinajstić information content (AvgIpc) is 3.00. The summed E-state index contributed by atoms with van der Waals surface area (Å²) in [5.74, 6) is -0.567. The van der Waals surface area contributed by atoms with Gasteiger partial charge in [0.1, 0.15) is 5.84 Å². The molecule has 2 aromatic rings. The van der Waals surface area contributed by atoms with E-state index < -0.39 is 6.23 Å². The molecule has 0 bridgehead atoms. The van der Waals surface area contributed by atoms with Crippen molar-refractivity contribution in [1.29, 1.82) is 5.41 Å². The van der Waals surface area contributed by atoms with Gasteiger partial charge in [-0.2, -0.15) is 0 Å². The summed E-state index contributed by atoms with van der Waals surface area (Å²) in [6.45, 7) is 4.66. The van der Waals surface area contributed by atoms with Crippen LogP contribution in [0.4, 0.5) is 0 Å². The van der Waals surface area contributed by atoms with E-state index in [9.17, 15) is 9.59 Å². The number of hydrogen-bond acceptors (Lipinski definition) is 4. The van der Waals surface area contributed by atoms with Gasteiger partial charge in [0, 0.05) is 30.8 Å². The van der Waals surface area contributed by atoms with Gasteiger partial charge in [-0.3, -0.25) is 15.0 Å². The highest BCUT2D eigenvalue weighted by atomic mass is 16.5. The number of nitrogens with two attached hydrogens (primary N) is 1. The molecule has 0 fully saturated rings. The van der Waals surface area contributed by atoms with Gasteiger partial charge in [0.15, 0.2) is 0 Å². The van der Waals surface area contributed by atoms with Crippen LogP contribution in [-0.4, -0.2) is 35.4 Å². The van der Waals surface area contributed by atoms with Gasteiger partial charge in [0.05, 0.1) is 0 Å². The quantitative estimate of drug-likeness (QED) is 0.504. The van der Waals surface area contributed by atoms with Crippen LogP contribution in [0.3, 0.4) is 0 Å². The minimum atomic E-state index is -0.985. The van der Waals surface area contributed by atoms with Crippen molar-refractivity contribution >= 4 is 17.6 Å². The number of amidine groups is 1. The molecule has 1 heterocycles. The van der Waals surface area contributed by atoms with E-state index in [4.69, 9.17) is 15.9 Å². The van der Waals surface area contributed by atoms with Crippen molar-refractivity contribution in [2.45, 2.75) is 33.2 Å². The zero-order chi connectivity index (χ0) is 20.3. The SMILES string of the molecule is CCO[C@@H](C(=O)NCc1ccc(C(=N)N)cc1)N1Cc2ccc(C)cc2C1=O. The Morgan fingerprint density at radius 2 is 2.00 bits per heavy atom. The molecule has 2 amide bonds. The third kappa shape index (κ3) is 4.04. The standard InChI is InChI=1S/C21H24N4O3/c1-3-28-21(25-12-16-7-4-13(2)10-17(16)20(25)27)19(26)24-11-14-5-8-15(9-6-14)18(22)23/h4-10,21H,3,11-12H2,1-2H3,(H3,22,23)(H,24,26)/t21-/m0/s1. The molecule has 0 unspecified atom stereocenters. The second kappa shape index (κ2) is 8.22. The summed E-state index contributed by atoms with van der Waals surface area (Å²) in [7, 11) is 0. The summed E-state index contributed by atoms with van der Waals surface area (Å²) >= 11 is 0.